The zero-order chi connectivity index (χ0) is 25.3. The first-order valence-corrected chi connectivity index (χ1v) is 12.3. The van der Waals surface area contributed by atoms with Gasteiger partial charge in [-0.25, -0.2) is 9.79 Å². The van der Waals surface area contributed by atoms with Gasteiger partial charge >= 0.3 is 5.97 Å². The molecule has 1 N–H and O–H groups in total. The van der Waals surface area contributed by atoms with E-state index in [4.69, 9.17) is 21.1 Å². The molecule has 0 fully saturated rings. The lowest BCUT2D eigenvalue weighted by molar-refractivity contribution is -0.139. The van der Waals surface area contributed by atoms with Crippen molar-refractivity contribution in [2.45, 2.75) is 39.8 Å². The van der Waals surface area contributed by atoms with E-state index in [1.807, 2.05) is 38.1 Å². The fourth-order valence-electron chi connectivity index (χ4n) is 3.89. The van der Waals surface area contributed by atoms with Gasteiger partial charge in [0.1, 0.15) is 11.5 Å². The molecule has 182 valence electrons. The Morgan fingerprint density at radius 1 is 1.26 bits per heavy atom. The molecule has 0 amide bonds. The second kappa shape index (κ2) is 10.1. The number of hydrogen-bond donors (Lipinski definition) is 1. The number of halogens is 1. The summed E-state index contributed by atoms with van der Waals surface area (Å²) in [5.41, 5.74) is 1.57. The molecule has 1 aliphatic rings. The van der Waals surface area contributed by atoms with E-state index >= 15 is 0 Å². The molecule has 0 radical (unpaired) electrons. The number of ether oxygens (including phenoxy) is 2. The van der Waals surface area contributed by atoms with Crippen molar-refractivity contribution in [3.63, 3.8) is 0 Å². The Bertz CT molecular complexity index is 1490. The lowest BCUT2D eigenvalue weighted by Crippen LogP contribution is -2.39. The summed E-state index contributed by atoms with van der Waals surface area (Å²) in [5, 5.41) is 10.7. The van der Waals surface area contributed by atoms with Crippen LogP contribution in [0.1, 0.15) is 44.9 Å². The molecule has 4 rings (SSSR count). The molecule has 9 heteroatoms. The number of allylic oxidation sites excluding steroid dienone is 1. The zero-order valence-electron chi connectivity index (χ0n) is 19.7. The molecule has 1 atom stereocenters. The van der Waals surface area contributed by atoms with Crippen LogP contribution in [0.3, 0.4) is 0 Å². The van der Waals surface area contributed by atoms with Gasteiger partial charge in [-0.15, -0.1) is 0 Å². The molecular formula is C26H25ClN2O5S. The summed E-state index contributed by atoms with van der Waals surface area (Å²) < 4.78 is 12.9. The molecule has 0 saturated heterocycles. The molecule has 0 spiro atoms. The van der Waals surface area contributed by atoms with Crippen molar-refractivity contribution in [3.8, 4) is 11.5 Å². The van der Waals surface area contributed by atoms with Crippen LogP contribution < -0.4 is 19.6 Å². The van der Waals surface area contributed by atoms with E-state index in [2.05, 4.69) is 4.99 Å². The molecule has 1 aliphatic heterocycles. The Morgan fingerprint density at radius 2 is 1.97 bits per heavy atom. The Kier molecular flexibility index (Phi) is 7.14. The normalized spacial score (nSPS) is 15.7. The summed E-state index contributed by atoms with van der Waals surface area (Å²) in [5.74, 6) is 0.162. The second-order valence-corrected chi connectivity index (χ2v) is 9.69. The quantitative estimate of drug-likeness (QED) is 0.505. The number of aromatic hydroxyl groups is 1. The van der Waals surface area contributed by atoms with Crippen molar-refractivity contribution >= 4 is 35.0 Å². The van der Waals surface area contributed by atoms with Crippen LogP contribution in [0.25, 0.3) is 6.08 Å². The Labute approximate surface area is 211 Å². The number of thiazole rings is 1. The minimum absolute atomic E-state index is 0.000852. The lowest BCUT2D eigenvalue weighted by atomic mass is 9.96. The van der Waals surface area contributed by atoms with E-state index in [-0.39, 0.29) is 24.0 Å². The highest BCUT2D eigenvalue weighted by Gasteiger charge is 2.33. The molecule has 0 aliphatic carbocycles. The van der Waals surface area contributed by atoms with Gasteiger partial charge < -0.3 is 14.6 Å². The van der Waals surface area contributed by atoms with Crippen LogP contribution in [0.5, 0.6) is 11.5 Å². The number of carbonyl (C=O) groups is 1. The van der Waals surface area contributed by atoms with Gasteiger partial charge in [0.15, 0.2) is 4.80 Å². The Balaban J connectivity index is 1.92. The minimum Gasteiger partial charge on any atom is -0.507 e. The maximum Gasteiger partial charge on any atom is 0.338 e. The van der Waals surface area contributed by atoms with E-state index in [0.29, 0.717) is 36.9 Å². The molecule has 0 bridgehead atoms. The highest BCUT2D eigenvalue weighted by molar-refractivity contribution is 7.07. The molecular weight excluding hydrogens is 488 g/mol. The van der Waals surface area contributed by atoms with Crippen LogP contribution >= 0.6 is 22.9 Å². The van der Waals surface area contributed by atoms with Gasteiger partial charge in [-0.2, -0.15) is 0 Å². The summed E-state index contributed by atoms with van der Waals surface area (Å²) in [6.45, 7) is 7.54. The summed E-state index contributed by atoms with van der Waals surface area (Å²) in [4.78, 5) is 31.6. The van der Waals surface area contributed by atoms with Crippen LogP contribution in [0, 0.1) is 0 Å². The van der Waals surface area contributed by atoms with Crippen LogP contribution in [-0.2, 0) is 9.53 Å². The zero-order valence-corrected chi connectivity index (χ0v) is 21.3. The number of esters is 1. The molecule has 0 unspecified atom stereocenters. The van der Waals surface area contributed by atoms with Gasteiger partial charge in [0.2, 0.25) is 0 Å². The van der Waals surface area contributed by atoms with Crippen molar-refractivity contribution in [2.75, 3.05) is 6.61 Å². The molecule has 35 heavy (non-hydrogen) atoms. The van der Waals surface area contributed by atoms with E-state index in [1.54, 1.807) is 32.1 Å². The third-order valence-electron chi connectivity index (χ3n) is 5.36. The molecule has 7 nitrogen and oxygen atoms in total. The summed E-state index contributed by atoms with van der Waals surface area (Å²) in [6.07, 6.45) is 1.59. The number of aromatic nitrogens is 1. The molecule has 2 heterocycles. The van der Waals surface area contributed by atoms with E-state index in [9.17, 15) is 14.7 Å². The Hall–Kier alpha value is -3.36. The fourth-order valence-corrected chi connectivity index (χ4v) is 5.11. The summed E-state index contributed by atoms with van der Waals surface area (Å²) >= 11 is 7.25. The number of benzene rings is 2. The first kappa shape index (κ1) is 24.8. The number of rotatable bonds is 6. The average Bonchev–Trinajstić information content (AvgIpc) is 3.10. The number of nitrogens with zero attached hydrogens (tertiary/aromatic N) is 2. The predicted octanol–water partition coefficient (Wildman–Crippen LogP) is 3.94. The summed E-state index contributed by atoms with van der Waals surface area (Å²) in [6, 6.07) is 11.2. The largest absolute Gasteiger partial charge is 0.507 e. The third-order valence-corrected chi connectivity index (χ3v) is 6.58. The van der Waals surface area contributed by atoms with Gasteiger partial charge in [0.05, 0.1) is 34.6 Å². The lowest BCUT2D eigenvalue weighted by Gasteiger charge is -2.25. The van der Waals surface area contributed by atoms with Crippen molar-refractivity contribution in [2.24, 2.45) is 4.99 Å². The van der Waals surface area contributed by atoms with Crippen molar-refractivity contribution in [3.05, 3.63) is 89.6 Å². The van der Waals surface area contributed by atoms with Gasteiger partial charge in [-0.05, 0) is 69.7 Å². The highest BCUT2D eigenvalue weighted by atomic mass is 35.5. The van der Waals surface area contributed by atoms with Crippen LogP contribution in [0.2, 0.25) is 5.02 Å². The fraction of sp³-hybridized carbons (Fsp3) is 0.269. The smallest absolute Gasteiger partial charge is 0.338 e. The molecule has 2 aromatic carbocycles. The first-order valence-electron chi connectivity index (χ1n) is 11.1. The average molecular weight is 513 g/mol. The number of phenolic OH excluding ortho intramolecular Hbond substituents is 1. The van der Waals surface area contributed by atoms with E-state index in [0.717, 1.165) is 5.56 Å². The number of carbonyl (C=O) groups excluding carboxylic acids is 1. The maximum atomic E-state index is 13.6. The molecule has 3 aromatic rings. The van der Waals surface area contributed by atoms with Crippen molar-refractivity contribution < 1.29 is 19.4 Å². The minimum atomic E-state index is -0.728. The van der Waals surface area contributed by atoms with Crippen LogP contribution in [-0.4, -0.2) is 28.4 Å². The standard InChI is InChI=1S/C26H25ClN2O5S/c1-5-33-25(32)22-15(4)28-26-29(23(22)16-6-9-19(10-7-16)34-14(2)3)24(31)21(35-26)13-17-12-18(27)8-11-20(17)30/h6-14,23,30H,5H2,1-4H3/b21-13-/t23-/m0/s1. The maximum absolute atomic E-state index is 13.6. The first-order chi connectivity index (χ1) is 16.7. The highest BCUT2D eigenvalue weighted by Crippen LogP contribution is 2.32. The van der Waals surface area contributed by atoms with Crippen LogP contribution in [0.4, 0.5) is 0 Å². The van der Waals surface area contributed by atoms with E-state index in [1.165, 1.54) is 22.0 Å². The predicted molar refractivity (Wildman–Crippen MR) is 136 cm³/mol. The summed E-state index contributed by atoms with van der Waals surface area (Å²) in [7, 11) is 0. The van der Waals surface area contributed by atoms with Crippen molar-refractivity contribution in [1.29, 1.82) is 0 Å². The number of fused-ring (bicyclic) bond motifs is 1. The molecule has 1 aromatic heterocycles. The SMILES string of the molecule is CCOC(=O)C1=C(C)N=c2s/c(=C\c3cc(Cl)ccc3O)c(=O)n2[C@H]1c1ccc(OC(C)C)cc1. The van der Waals surface area contributed by atoms with Gasteiger partial charge in [-0.1, -0.05) is 35.1 Å². The van der Waals surface area contributed by atoms with Gasteiger partial charge in [0.25, 0.3) is 5.56 Å². The molecule has 0 saturated carbocycles. The topological polar surface area (TPSA) is 90.1 Å². The number of phenols is 1. The third kappa shape index (κ3) is 5.04. The van der Waals surface area contributed by atoms with Crippen molar-refractivity contribution in [1.82, 2.24) is 4.57 Å². The number of hydrogen-bond acceptors (Lipinski definition) is 7. The monoisotopic (exact) mass is 512 g/mol. The Morgan fingerprint density at radius 3 is 2.63 bits per heavy atom. The van der Waals surface area contributed by atoms with Gasteiger partial charge in [-0.3, -0.25) is 9.36 Å². The van der Waals surface area contributed by atoms with Crippen LogP contribution in [0.15, 0.2) is 63.5 Å². The van der Waals surface area contributed by atoms with E-state index < -0.39 is 12.0 Å². The van der Waals surface area contributed by atoms with Gasteiger partial charge in [0, 0.05) is 10.6 Å². The second-order valence-electron chi connectivity index (χ2n) is 8.24.